The number of carbonyl (C=O) groups is 2. The van der Waals surface area contributed by atoms with Gasteiger partial charge in [-0.2, -0.15) is 13.2 Å². The first kappa shape index (κ1) is 22.8. The summed E-state index contributed by atoms with van der Waals surface area (Å²) in [6.45, 7) is 2.46. The third kappa shape index (κ3) is 6.31. The lowest BCUT2D eigenvalue weighted by Crippen LogP contribution is -2.26. The van der Waals surface area contributed by atoms with Crippen molar-refractivity contribution in [2.75, 3.05) is 10.6 Å². The minimum Gasteiger partial charge on any atom is -0.322 e. The summed E-state index contributed by atoms with van der Waals surface area (Å²) >= 11 is 0. The molecule has 0 bridgehead atoms. The average Bonchev–Trinajstić information content (AvgIpc) is 3.14. The van der Waals surface area contributed by atoms with E-state index in [9.17, 15) is 22.8 Å². The Morgan fingerprint density at radius 2 is 1.38 bits per heavy atom. The Kier molecular flexibility index (Phi) is 6.77. The summed E-state index contributed by atoms with van der Waals surface area (Å²) < 4.78 is 39.4. The van der Waals surface area contributed by atoms with Crippen LogP contribution in [-0.2, 0) is 16.1 Å². The molecule has 0 aliphatic carbocycles. The summed E-state index contributed by atoms with van der Waals surface area (Å²) in [5.74, 6) is -1.73. The third-order valence-corrected chi connectivity index (χ3v) is 4.48. The number of imidazole rings is 1. The van der Waals surface area contributed by atoms with Crippen molar-refractivity contribution in [3.63, 3.8) is 0 Å². The Balaban J connectivity index is 1.93. The molecule has 0 unspecified atom stereocenters. The van der Waals surface area contributed by atoms with Crippen molar-refractivity contribution in [1.29, 1.82) is 0 Å². The monoisotopic (exact) mass is 442 g/mol. The van der Waals surface area contributed by atoms with Gasteiger partial charge in [0.15, 0.2) is 0 Å². The number of carbonyl (C=O) groups excluding carboxylic acids is 2. The van der Waals surface area contributed by atoms with Gasteiger partial charge in [0.25, 0.3) is 11.8 Å². The van der Waals surface area contributed by atoms with Crippen LogP contribution in [-0.4, -0.2) is 27.5 Å². The second-order valence-corrected chi connectivity index (χ2v) is 7.23. The highest BCUT2D eigenvalue weighted by atomic mass is 19.4. The molecule has 6 nitrogen and oxygen atoms in total. The van der Waals surface area contributed by atoms with Gasteiger partial charge in [-0.3, -0.25) is 9.59 Å². The second-order valence-electron chi connectivity index (χ2n) is 7.23. The number of aromatic nitrogens is 2. The lowest BCUT2D eigenvalue weighted by atomic mass is 10.1. The van der Waals surface area contributed by atoms with Gasteiger partial charge < -0.3 is 15.2 Å². The third-order valence-electron chi connectivity index (χ3n) is 4.48. The highest BCUT2D eigenvalue weighted by Gasteiger charge is 2.29. The highest BCUT2D eigenvalue weighted by molar-refractivity contribution is 6.28. The molecule has 32 heavy (non-hydrogen) atoms. The van der Waals surface area contributed by atoms with E-state index in [1.165, 1.54) is 6.20 Å². The van der Waals surface area contributed by atoms with Crippen LogP contribution in [0.2, 0.25) is 0 Å². The van der Waals surface area contributed by atoms with Crippen LogP contribution in [0.15, 0.2) is 66.5 Å². The van der Waals surface area contributed by atoms with Gasteiger partial charge in [-0.1, -0.05) is 35.4 Å². The molecular formula is C23H21F3N4O2. The van der Waals surface area contributed by atoms with E-state index in [1.807, 2.05) is 13.8 Å². The topological polar surface area (TPSA) is 76.0 Å². The maximum atomic E-state index is 12.9. The highest BCUT2D eigenvalue weighted by Crippen LogP contribution is 2.20. The molecule has 1 aromatic heterocycles. The molecule has 2 amide bonds. The molecule has 1 heterocycles. The van der Waals surface area contributed by atoms with Crippen LogP contribution >= 0.6 is 0 Å². The molecule has 2 aromatic carbocycles. The van der Waals surface area contributed by atoms with Gasteiger partial charge in [-0.05, 0) is 44.2 Å². The van der Waals surface area contributed by atoms with Gasteiger partial charge in [0, 0.05) is 23.8 Å². The van der Waals surface area contributed by atoms with Crippen LogP contribution in [0.3, 0.4) is 0 Å². The quantitative estimate of drug-likeness (QED) is 0.329. The summed E-state index contributed by atoms with van der Waals surface area (Å²) in [7, 11) is 0. The smallest absolute Gasteiger partial charge is 0.322 e. The van der Waals surface area contributed by atoms with E-state index < -0.39 is 24.5 Å². The number of nitrogens with zero attached hydrogens (tertiary/aromatic N) is 2. The zero-order chi connectivity index (χ0) is 23.3. The van der Waals surface area contributed by atoms with Crippen molar-refractivity contribution >= 4 is 29.3 Å². The van der Waals surface area contributed by atoms with Gasteiger partial charge in [-0.25, -0.2) is 4.98 Å². The van der Waals surface area contributed by atoms with Crippen molar-refractivity contribution in [2.24, 2.45) is 0 Å². The number of alkyl halides is 3. The molecule has 0 spiro atoms. The number of hydrogen-bond donors (Lipinski definition) is 2. The lowest BCUT2D eigenvalue weighted by Gasteiger charge is -2.12. The van der Waals surface area contributed by atoms with Gasteiger partial charge in [-0.15, -0.1) is 0 Å². The Labute approximate surface area is 182 Å². The predicted molar refractivity (Wildman–Crippen MR) is 116 cm³/mol. The van der Waals surface area contributed by atoms with E-state index in [1.54, 1.807) is 48.5 Å². The molecule has 0 radical (unpaired) electrons. The van der Waals surface area contributed by atoms with Crippen LogP contribution in [0.4, 0.5) is 24.5 Å². The zero-order valence-corrected chi connectivity index (χ0v) is 17.4. The fourth-order valence-corrected chi connectivity index (χ4v) is 2.82. The van der Waals surface area contributed by atoms with Gasteiger partial charge in [0.05, 0.1) is 0 Å². The molecular weight excluding hydrogens is 421 g/mol. The summed E-state index contributed by atoms with van der Waals surface area (Å²) in [5, 5.41) is 5.20. The Morgan fingerprint density at radius 3 is 1.81 bits per heavy atom. The number of anilines is 2. The molecule has 2 N–H and O–H groups in total. The zero-order valence-electron chi connectivity index (χ0n) is 17.4. The van der Waals surface area contributed by atoms with E-state index in [2.05, 4.69) is 15.6 Å². The molecule has 9 heteroatoms. The van der Waals surface area contributed by atoms with E-state index in [0.717, 1.165) is 28.0 Å². The van der Waals surface area contributed by atoms with E-state index >= 15 is 0 Å². The Hall–Kier alpha value is -3.88. The molecule has 0 aliphatic heterocycles. The fraction of sp³-hybridized carbons (Fsp3) is 0.174. The minimum absolute atomic E-state index is 0.171. The minimum atomic E-state index is -4.49. The molecule has 166 valence electrons. The van der Waals surface area contributed by atoms with Crippen LogP contribution < -0.4 is 10.6 Å². The summed E-state index contributed by atoms with van der Waals surface area (Å²) in [4.78, 5) is 29.7. The van der Waals surface area contributed by atoms with Gasteiger partial charge in [0.2, 0.25) is 0 Å². The molecule has 0 fully saturated rings. The molecule has 3 rings (SSSR count). The number of aryl methyl sites for hydroxylation is 2. The Morgan fingerprint density at radius 1 is 0.906 bits per heavy atom. The normalized spacial score (nSPS) is 11.0. The van der Waals surface area contributed by atoms with Crippen molar-refractivity contribution in [1.82, 2.24) is 9.55 Å². The Bertz CT molecular complexity index is 1070. The molecule has 0 aliphatic rings. The SMILES string of the molecule is Cc1ccc(NC(=O)C(=Cc2nccn2CC(F)(F)F)C(=O)Nc2ccc(C)cc2)cc1. The number of rotatable bonds is 6. The van der Waals surface area contributed by atoms with E-state index in [-0.39, 0.29) is 11.4 Å². The first-order valence-corrected chi connectivity index (χ1v) is 9.66. The molecule has 0 saturated carbocycles. The lowest BCUT2D eigenvalue weighted by molar-refractivity contribution is -0.140. The molecule has 0 atom stereocenters. The summed E-state index contributed by atoms with van der Waals surface area (Å²) in [5.41, 5.74) is 2.44. The van der Waals surface area contributed by atoms with Crippen molar-refractivity contribution in [2.45, 2.75) is 26.6 Å². The average molecular weight is 442 g/mol. The summed E-state index contributed by atoms with van der Waals surface area (Å²) in [6.07, 6.45) is -1.14. The first-order valence-electron chi connectivity index (χ1n) is 9.66. The van der Waals surface area contributed by atoms with Crippen LogP contribution in [0.25, 0.3) is 6.08 Å². The number of hydrogen-bond acceptors (Lipinski definition) is 3. The summed E-state index contributed by atoms with van der Waals surface area (Å²) in [6, 6.07) is 13.8. The number of benzene rings is 2. The first-order chi connectivity index (χ1) is 15.1. The number of halogens is 3. The molecule has 0 saturated heterocycles. The maximum absolute atomic E-state index is 12.9. The molecule has 3 aromatic rings. The van der Waals surface area contributed by atoms with Crippen molar-refractivity contribution < 1.29 is 22.8 Å². The van der Waals surface area contributed by atoms with E-state index in [4.69, 9.17) is 0 Å². The maximum Gasteiger partial charge on any atom is 0.406 e. The van der Waals surface area contributed by atoms with Gasteiger partial charge >= 0.3 is 6.18 Å². The van der Waals surface area contributed by atoms with Crippen LogP contribution in [0, 0.1) is 13.8 Å². The van der Waals surface area contributed by atoms with Crippen LogP contribution in [0.1, 0.15) is 17.0 Å². The predicted octanol–water partition coefficient (Wildman–Crippen LogP) is 4.72. The van der Waals surface area contributed by atoms with E-state index in [0.29, 0.717) is 11.4 Å². The second kappa shape index (κ2) is 9.51. The number of amides is 2. The number of nitrogens with one attached hydrogen (secondary N) is 2. The fourth-order valence-electron chi connectivity index (χ4n) is 2.82. The standard InChI is InChI=1S/C23H21F3N4O2/c1-15-3-7-17(8-4-15)28-21(31)19(22(32)29-18-9-5-16(2)6-10-18)13-20-27-11-12-30(20)14-23(24,25)26/h3-13H,14H2,1-2H3,(H,28,31)(H,29,32). The largest absolute Gasteiger partial charge is 0.406 e. The van der Waals surface area contributed by atoms with Crippen molar-refractivity contribution in [3.05, 3.63) is 83.4 Å². The van der Waals surface area contributed by atoms with Crippen LogP contribution in [0.5, 0.6) is 0 Å². The van der Waals surface area contributed by atoms with Crippen molar-refractivity contribution in [3.8, 4) is 0 Å². The van der Waals surface area contributed by atoms with Gasteiger partial charge in [0.1, 0.15) is 17.9 Å².